The number of ether oxygens (including phenoxy) is 2. The Balaban J connectivity index is 1.29. The maximum atomic E-state index is 13.0. The Morgan fingerprint density at radius 2 is 1.59 bits per heavy atom. The normalized spacial score (nSPS) is 25.7. The first-order valence-corrected chi connectivity index (χ1v) is 10.8. The Labute approximate surface area is 185 Å². The molecular formula is C25H23NO6. The van der Waals surface area contributed by atoms with Crippen molar-refractivity contribution in [2.45, 2.75) is 19.3 Å². The second kappa shape index (κ2) is 7.89. The monoisotopic (exact) mass is 433 g/mol. The lowest BCUT2D eigenvalue weighted by Crippen LogP contribution is -2.32. The number of benzene rings is 2. The van der Waals surface area contributed by atoms with Crippen molar-refractivity contribution in [3.63, 3.8) is 0 Å². The predicted octanol–water partition coefficient (Wildman–Crippen LogP) is 3.27. The number of esters is 1. The van der Waals surface area contributed by atoms with Crippen LogP contribution in [0.15, 0.2) is 48.5 Å². The van der Waals surface area contributed by atoms with E-state index in [1.54, 1.807) is 36.4 Å². The smallest absolute Gasteiger partial charge is 0.338 e. The highest BCUT2D eigenvalue weighted by Crippen LogP contribution is 2.56. The summed E-state index contributed by atoms with van der Waals surface area (Å²) in [5.74, 6) is -0.701. The van der Waals surface area contributed by atoms with E-state index in [0.717, 1.165) is 19.3 Å². The fourth-order valence-electron chi connectivity index (χ4n) is 5.53. The van der Waals surface area contributed by atoms with Gasteiger partial charge in [0.1, 0.15) is 5.75 Å². The first-order valence-electron chi connectivity index (χ1n) is 10.8. The van der Waals surface area contributed by atoms with Crippen LogP contribution >= 0.6 is 0 Å². The van der Waals surface area contributed by atoms with Gasteiger partial charge in [-0.1, -0.05) is 18.2 Å². The quantitative estimate of drug-likeness (QED) is 0.395. The minimum atomic E-state index is -0.692. The molecule has 2 saturated carbocycles. The molecule has 2 aromatic rings. The number of carbonyl (C=O) groups excluding carboxylic acids is 4. The van der Waals surface area contributed by atoms with Gasteiger partial charge in [-0.25, -0.2) is 4.79 Å². The van der Waals surface area contributed by atoms with E-state index in [9.17, 15) is 19.2 Å². The first kappa shape index (κ1) is 20.4. The number of hydrogen-bond donors (Lipinski definition) is 0. The van der Waals surface area contributed by atoms with Crippen LogP contribution in [-0.4, -0.2) is 37.3 Å². The highest BCUT2D eigenvalue weighted by atomic mass is 16.5. The summed E-state index contributed by atoms with van der Waals surface area (Å²) in [6.07, 6.45) is 2.98. The van der Waals surface area contributed by atoms with Crippen molar-refractivity contribution < 1.29 is 28.7 Å². The summed E-state index contributed by atoms with van der Waals surface area (Å²) in [5.41, 5.74) is 0.935. The highest BCUT2D eigenvalue weighted by molar-refractivity contribution is 6.22. The molecule has 2 bridgehead atoms. The van der Waals surface area contributed by atoms with Crippen molar-refractivity contribution in [2.75, 3.05) is 18.6 Å². The summed E-state index contributed by atoms with van der Waals surface area (Å²) in [5, 5.41) is 0. The molecule has 0 unspecified atom stereocenters. The van der Waals surface area contributed by atoms with Crippen molar-refractivity contribution in [3.8, 4) is 5.75 Å². The molecule has 5 rings (SSSR count). The van der Waals surface area contributed by atoms with Gasteiger partial charge in [-0.3, -0.25) is 19.3 Å². The summed E-state index contributed by atoms with van der Waals surface area (Å²) in [4.78, 5) is 52.2. The topological polar surface area (TPSA) is 90.0 Å². The minimum Gasteiger partial charge on any atom is -0.497 e. The zero-order valence-corrected chi connectivity index (χ0v) is 17.7. The molecule has 1 heterocycles. The summed E-state index contributed by atoms with van der Waals surface area (Å²) in [6, 6.07) is 12.9. The second-order valence-electron chi connectivity index (χ2n) is 8.68. The van der Waals surface area contributed by atoms with Crippen LogP contribution in [0.5, 0.6) is 5.75 Å². The molecule has 0 aromatic heterocycles. The summed E-state index contributed by atoms with van der Waals surface area (Å²) < 4.78 is 10.3. The van der Waals surface area contributed by atoms with Gasteiger partial charge in [0, 0.05) is 5.56 Å². The van der Waals surface area contributed by atoms with E-state index in [0.29, 0.717) is 28.8 Å². The third-order valence-electron chi connectivity index (χ3n) is 6.99. The van der Waals surface area contributed by atoms with Gasteiger partial charge in [-0.15, -0.1) is 0 Å². The number of imide groups is 1. The van der Waals surface area contributed by atoms with Gasteiger partial charge >= 0.3 is 5.97 Å². The Bertz CT molecular complexity index is 1100. The van der Waals surface area contributed by atoms with Crippen molar-refractivity contribution in [3.05, 3.63) is 59.7 Å². The van der Waals surface area contributed by atoms with Crippen molar-refractivity contribution in [2.24, 2.45) is 23.7 Å². The Kier molecular flexibility index (Phi) is 5.04. The van der Waals surface area contributed by atoms with Gasteiger partial charge in [0.25, 0.3) is 0 Å². The van der Waals surface area contributed by atoms with Crippen LogP contribution in [0.3, 0.4) is 0 Å². The zero-order chi connectivity index (χ0) is 22.4. The summed E-state index contributed by atoms with van der Waals surface area (Å²) in [7, 11) is 1.50. The maximum absolute atomic E-state index is 13.0. The molecule has 3 aliphatic rings. The zero-order valence-electron chi connectivity index (χ0n) is 17.7. The Hall–Kier alpha value is -3.48. The van der Waals surface area contributed by atoms with Crippen molar-refractivity contribution >= 4 is 29.3 Å². The minimum absolute atomic E-state index is 0.161. The van der Waals surface area contributed by atoms with Gasteiger partial charge < -0.3 is 9.47 Å². The summed E-state index contributed by atoms with van der Waals surface area (Å²) >= 11 is 0. The van der Waals surface area contributed by atoms with E-state index < -0.39 is 12.6 Å². The highest BCUT2D eigenvalue weighted by Gasteiger charge is 2.61. The number of hydrogen-bond acceptors (Lipinski definition) is 6. The molecule has 0 spiro atoms. The van der Waals surface area contributed by atoms with Gasteiger partial charge in [0.15, 0.2) is 12.4 Å². The molecule has 164 valence electrons. The summed E-state index contributed by atoms with van der Waals surface area (Å²) in [6.45, 7) is -0.425. The molecule has 3 fully saturated rings. The number of Topliss-reactive ketones (excluding diaryl/α,β-unsaturated/α-hetero) is 1. The molecule has 7 heteroatoms. The van der Waals surface area contributed by atoms with Crippen LogP contribution in [0.2, 0.25) is 0 Å². The number of fused-ring (bicyclic) bond motifs is 5. The van der Waals surface area contributed by atoms with E-state index in [1.807, 2.05) is 0 Å². The molecule has 4 atom stereocenters. The maximum Gasteiger partial charge on any atom is 0.338 e. The van der Waals surface area contributed by atoms with E-state index in [1.165, 1.54) is 24.1 Å². The number of ketones is 1. The Morgan fingerprint density at radius 3 is 2.28 bits per heavy atom. The van der Waals surface area contributed by atoms with Gasteiger partial charge in [0.2, 0.25) is 11.8 Å². The van der Waals surface area contributed by atoms with Crippen LogP contribution in [0, 0.1) is 23.7 Å². The molecule has 1 saturated heterocycles. The predicted molar refractivity (Wildman–Crippen MR) is 114 cm³/mol. The lowest BCUT2D eigenvalue weighted by atomic mass is 9.81. The molecule has 32 heavy (non-hydrogen) atoms. The van der Waals surface area contributed by atoms with Gasteiger partial charge in [0.05, 0.1) is 30.2 Å². The SMILES string of the molecule is COc1cccc(C(=O)COC(=O)c2cccc(N3C(=O)[C@H]4[C@H]5CC[C@@H](C5)[C@@H]4C3=O)c2)c1. The van der Waals surface area contributed by atoms with Crippen LogP contribution in [0.25, 0.3) is 0 Å². The Morgan fingerprint density at radius 1 is 0.938 bits per heavy atom. The van der Waals surface area contributed by atoms with Crippen LogP contribution in [-0.2, 0) is 14.3 Å². The first-order chi connectivity index (χ1) is 15.5. The average molecular weight is 433 g/mol. The standard InChI is InChI=1S/C25H23NO6/c1-31-19-7-3-4-14(12-19)20(27)13-32-25(30)17-5-2-6-18(11-17)26-23(28)21-15-8-9-16(10-15)22(21)24(26)29/h2-7,11-12,15-16,21-22H,8-10,13H2,1H3/t15-,16-,21-,22-/m0/s1. The fourth-order valence-corrected chi connectivity index (χ4v) is 5.53. The second-order valence-corrected chi connectivity index (χ2v) is 8.68. The van der Waals surface area contributed by atoms with Gasteiger partial charge in [-0.2, -0.15) is 0 Å². The number of rotatable bonds is 6. The number of amides is 2. The molecule has 7 nitrogen and oxygen atoms in total. The third kappa shape index (κ3) is 3.28. The molecule has 2 aromatic carbocycles. The molecule has 0 radical (unpaired) electrons. The molecule has 2 aliphatic carbocycles. The largest absolute Gasteiger partial charge is 0.497 e. The average Bonchev–Trinajstić information content (AvgIpc) is 3.51. The fraction of sp³-hybridized carbons (Fsp3) is 0.360. The van der Waals surface area contributed by atoms with Crippen LogP contribution in [0.1, 0.15) is 40.0 Å². The van der Waals surface area contributed by atoms with E-state index in [4.69, 9.17) is 9.47 Å². The molecular weight excluding hydrogens is 410 g/mol. The number of carbonyl (C=O) groups is 4. The van der Waals surface area contributed by atoms with Crippen molar-refractivity contribution in [1.29, 1.82) is 0 Å². The molecule has 1 aliphatic heterocycles. The van der Waals surface area contributed by atoms with E-state index in [2.05, 4.69) is 0 Å². The third-order valence-corrected chi connectivity index (χ3v) is 6.99. The van der Waals surface area contributed by atoms with Crippen LogP contribution in [0.4, 0.5) is 5.69 Å². The lowest BCUT2D eigenvalue weighted by Gasteiger charge is -2.19. The van der Waals surface area contributed by atoms with E-state index >= 15 is 0 Å². The number of nitrogens with zero attached hydrogens (tertiary/aromatic N) is 1. The number of anilines is 1. The van der Waals surface area contributed by atoms with E-state index in [-0.39, 0.29) is 35.0 Å². The lowest BCUT2D eigenvalue weighted by molar-refractivity contribution is -0.123. The van der Waals surface area contributed by atoms with Gasteiger partial charge in [-0.05, 0) is 61.4 Å². The molecule has 2 amide bonds. The van der Waals surface area contributed by atoms with Crippen molar-refractivity contribution in [1.82, 2.24) is 0 Å². The number of methoxy groups -OCH3 is 1. The molecule has 0 N–H and O–H groups in total. The van der Waals surface area contributed by atoms with Crippen LogP contribution < -0.4 is 9.64 Å².